The van der Waals surface area contributed by atoms with Gasteiger partial charge in [0.15, 0.2) is 0 Å². The Balaban J connectivity index is 2.33. The molecular weight excluding hydrogens is 294 g/mol. The number of anilines is 3. The highest BCUT2D eigenvalue weighted by Gasteiger charge is 2.09. The molecule has 0 spiro atoms. The summed E-state index contributed by atoms with van der Waals surface area (Å²) >= 11 is 2.89. The van der Waals surface area contributed by atoms with Crippen LogP contribution in [0.5, 0.6) is 0 Å². The molecule has 0 aliphatic carbocycles. The maximum atomic E-state index is 13.5. The van der Waals surface area contributed by atoms with E-state index < -0.39 is 11.6 Å². The summed E-state index contributed by atoms with van der Waals surface area (Å²) in [5.41, 5.74) is 5.41. The van der Waals surface area contributed by atoms with Crippen molar-refractivity contribution in [1.82, 2.24) is 9.97 Å². The fraction of sp³-hybridized carbons (Fsp3) is 0. The number of hydrogen-bond donors (Lipinski definition) is 2. The van der Waals surface area contributed by atoms with E-state index >= 15 is 0 Å². The molecule has 2 rings (SSSR count). The summed E-state index contributed by atoms with van der Waals surface area (Å²) in [6, 6.07) is 3.47. The van der Waals surface area contributed by atoms with Gasteiger partial charge in [-0.05, 0) is 22.0 Å². The minimum Gasteiger partial charge on any atom is -0.384 e. The first-order valence-corrected chi connectivity index (χ1v) is 5.34. The van der Waals surface area contributed by atoms with Crippen LogP contribution in [0, 0.1) is 11.6 Å². The van der Waals surface area contributed by atoms with Crippen LogP contribution < -0.4 is 11.1 Å². The third-order valence-electron chi connectivity index (χ3n) is 1.96. The van der Waals surface area contributed by atoms with Crippen molar-refractivity contribution >= 4 is 33.3 Å². The number of nitrogens with zero attached hydrogens (tertiary/aromatic N) is 2. The first kappa shape index (κ1) is 11.7. The van der Waals surface area contributed by atoms with Gasteiger partial charge in [-0.2, -0.15) is 0 Å². The Morgan fingerprint density at radius 1 is 1.12 bits per heavy atom. The Morgan fingerprint density at radius 3 is 2.59 bits per heavy atom. The van der Waals surface area contributed by atoms with E-state index in [0.717, 1.165) is 12.1 Å². The molecule has 0 saturated carbocycles. The van der Waals surface area contributed by atoms with Gasteiger partial charge in [-0.15, -0.1) is 0 Å². The molecule has 0 saturated heterocycles. The summed E-state index contributed by atoms with van der Waals surface area (Å²) in [7, 11) is 0. The first-order chi connectivity index (χ1) is 8.06. The van der Waals surface area contributed by atoms with Crippen LogP contribution in [0.1, 0.15) is 0 Å². The second kappa shape index (κ2) is 4.62. The van der Waals surface area contributed by atoms with Crippen LogP contribution in [0.15, 0.2) is 29.0 Å². The van der Waals surface area contributed by atoms with E-state index in [0.29, 0.717) is 0 Å². The van der Waals surface area contributed by atoms with Gasteiger partial charge in [0.25, 0.3) is 0 Å². The normalized spacial score (nSPS) is 10.3. The zero-order chi connectivity index (χ0) is 12.4. The average molecular weight is 301 g/mol. The summed E-state index contributed by atoms with van der Waals surface area (Å²) in [5.74, 6) is -0.648. The molecule has 1 heterocycles. The topological polar surface area (TPSA) is 63.8 Å². The van der Waals surface area contributed by atoms with E-state index in [1.807, 2.05) is 0 Å². The van der Waals surface area contributed by atoms with Crippen molar-refractivity contribution in [1.29, 1.82) is 0 Å². The molecule has 2 aromatic rings. The predicted octanol–water partition coefficient (Wildman–Crippen LogP) is 2.84. The smallest absolute Gasteiger partial charge is 0.148 e. The highest BCUT2D eigenvalue weighted by atomic mass is 79.9. The van der Waals surface area contributed by atoms with Gasteiger partial charge in [-0.25, -0.2) is 18.7 Å². The lowest BCUT2D eigenvalue weighted by Crippen LogP contribution is -1.99. The summed E-state index contributed by atoms with van der Waals surface area (Å²) in [6.45, 7) is 0. The van der Waals surface area contributed by atoms with E-state index in [-0.39, 0.29) is 21.8 Å². The van der Waals surface area contributed by atoms with Gasteiger partial charge in [-0.3, -0.25) is 0 Å². The summed E-state index contributed by atoms with van der Waals surface area (Å²) in [5, 5.41) is 2.61. The molecule has 0 bridgehead atoms. The average Bonchev–Trinajstić information content (AvgIpc) is 2.26. The fourth-order valence-corrected chi connectivity index (χ4v) is 1.51. The van der Waals surface area contributed by atoms with Crippen molar-refractivity contribution in [3.05, 3.63) is 40.6 Å². The zero-order valence-corrected chi connectivity index (χ0v) is 10.0. The van der Waals surface area contributed by atoms with Crippen LogP contribution in [0.25, 0.3) is 0 Å². The molecule has 0 radical (unpaired) electrons. The van der Waals surface area contributed by atoms with E-state index in [4.69, 9.17) is 5.73 Å². The van der Waals surface area contributed by atoms with Gasteiger partial charge in [0.05, 0.1) is 10.2 Å². The minimum absolute atomic E-state index is 0.0243. The second-order valence-corrected chi connectivity index (χ2v) is 4.05. The molecule has 0 atom stereocenters. The second-order valence-electron chi connectivity index (χ2n) is 3.20. The third kappa shape index (κ3) is 2.68. The van der Waals surface area contributed by atoms with Crippen molar-refractivity contribution in [3.63, 3.8) is 0 Å². The lowest BCUT2D eigenvalue weighted by atomic mass is 10.3. The molecule has 17 heavy (non-hydrogen) atoms. The quantitative estimate of drug-likeness (QED) is 0.837. The van der Waals surface area contributed by atoms with Crippen molar-refractivity contribution in [2.24, 2.45) is 0 Å². The maximum Gasteiger partial charge on any atom is 0.148 e. The molecule has 0 fully saturated rings. The number of nitrogens with two attached hydrogens (primary N) is 1. The number of nitrogen functional groups attached to an aromatic ring is 1. The van der Waals surface area contributed by atoms with Crippen molar-refractivity contribution in [3.8, 4) is 0 Å². The van der Waals surface area contributed by atoms with Gasteiger partial charge >= 0.3 is 0 Å². The summed E-state index contributed by atoms with van der Waals surface area (Å²) in [4.78, 5) is 7.51. The van der Waals surface area contributed by atoms with E-state index in [1.165, 1.54) is 12.4 Å². The van der Waals surface area contributed by atoms with Crippen LogP contribution in [0.4, 0.5) is 26.1 Å². The van der Waals surface area contributed by atoms with Gasteiger partial charge in [0.1, 0.15) is 29.6 Å². The standard InChI is InChI=1S/C10H7BrF2N4/c11-5-1-7(13)8(2-6(5)12)17-10-3-9(14)15-4-16-10/h1-4H,(H3,14,15,16,17). The largest absolute Gasteiger partial charge is 0.384 e. The van der Waals surface area contributed by atoms with Gasteiger partial charge in [-0.1, -0.05) is 0 Å². The Hall–Kier alpha value is -1.76. The lowest BCUT2D eigenvalue weighted by molar-refractivity contribution is 0.597. The summed E-state index contributed by atoms with van der Waals surface area (Å²) < 4.78 is 26.8. The van der Waals surface area contributed by atoms with Gasteiger partial charge < -0.3 is 11.1 Å². The van der Waals surface area contributed by atoms with Crippen LogP contribution in [-0.2, 0) is 0 Å². The monoisotopic (exact) mass is 300 g/mol. The molecule has 7 heteroatoms. The number of hydrogen-bond acceptors (Lipinski definition) is 4. The van der Waals surface area contributed by atoms with Crippen LogP contribution in [0.2, 0.25) is 0 Å². The fourth-order valence-electron chi connectivity index (χ4n) is 1.20. The number of aromatic nitrogens is 2. The molecule has 0 amide bonds. The SMILES string of the molecule is Nc1cc(Nc2cc(F)c(Br)cc2F)ncn1. The van der Waals surface area contributed by atoms with Crippen LogP contribution >= 0.6 is 15.9 Å². The van der Waals surface area contributed by atoms with E-state index in [1.54, 1.807) is 0 Å². The minimum atomic E-state index is -0.601. The Labute approximate surface area is 104 Å². The van der Waals surface area contributed by atoms with Crippen LogP contribution in [0.3, 0.4) is 0 Å². The molecular formula is C10H7BrF2N4. The molecule has 1 aromatic carbocycles. The first-order valence-electron chi connectivity index (χ1n) is 4.55. The van der Waals surface area contributed by atoms with E-state index in [9.17, 15) is 8.78 Å². The Morgan fingerprint density at radius 2 is 1.88 bits per heavy atom. The number of benzene rings is 1. The Bertz CT molecular complexity index is 562. The third-order valence-corrected chi connectivity index (χ3v) is 2.57. The van der Waals surface area contributed by atoms with Crippen molar-refractivity contribution in [2.45, 2.75) is 0 Å². The number of rotatable bonds is 2. The Kier molecular flexibility index (Phi) is 3.19. The molecule has 88 valence electrons. The highest BCUT2D eigenvalue weighted by molar-refractivity contribution is 9.10. The van der Waals surface area contributed by atoms with Crippen molar-refractivity contribution in [2.75, 3.05) is 11.1 Å². The predicted molar refractivity (Wildman–Crippen MR) is 63.8 cm³/mol. The number of nitrogens with one attached hydrogen (secondary N) is 1. The van der Waals surface area contributed by atoms with E-state index in [2.05, 4.69) is 31.2 Å². The molecule has 4 nitrogen and oxygen atoms in total. The van der Waals surface area contributed by atoms with Crippen molar-refractivity contribution < 1.29 is 8.78 Å². The zero-order valence-electron chi connectivity index (χ0n) is 8.42. The molecule has 0 aliphatic rings. The molecule has 3 N–H and O–H groups in total. The number of halogens is 3. The lowest BCUT2D eigenvalue weighted by Gasteiger charge is -2.07. The maximum absolute atomic E-state index is 13.5. The van der Waals surface area contributed by atoms with Gasteiger partial charge in [0, 0.05) is 12.1 Å². The highest BCUT2D eigenvalue weighted by Crippen LogP contribution is 2.25. The van der Waals surface area contributed by atoms with Gasteiger partial charge in [0.2, 0.25) is 0 Å². The molecule has 0 unspecified atom stereocenters. The molecule has 1 aromatic heterocycles. The van der Waals surface area contributed by atoms with Crippen LogP contribution in [-0.4, -0.2) is 9.97 Å². The summed E-state index contributed by atoms with van der Waals surface area (Å²) in [6.07, 6.45) is 1.23. The molecule has 0 aliphatic heterocycles.